The summed E-state index contributed by atoms with van der Waals surface area (Å²) in [4.78, 5) is 17.6. The number of aromatic nitrogens is 3. The lowest BCUT2D eigenvalue weighted by Crippen LogP contribution is -2.19. The topological polar surface area (TPSA) is 59.8 Å². The number of anilines is 1. The van der Waals surface area contributed by atoms with Crippen molar-refractivity contribution in [2.24, 2.45) is 0 Å². The standard InChI is InChI=1S/C27H24N4O/c1-3-19-11-14-24-22(15-19)27-23(16-28-24)26(20-12-9-18(2)10-13-20)30-31(27)17-25(32)29-21-7-5-4-6-8-21/h4-16H,3,17H2,1-2H3,(H,29,32). The van der Waals surface area contributed by atoms with Crippen molar-refractivity contribution in [1.82, 2.24) is 14.8 Å². The molecule has 0 bridgehead atoms. The Hall–Kier alpha value is -3.99. The van der Waals surface area contributed by atoms with Crippen LogP contribution in [0.4, 0.5) is 5.69 Å². The van der Waals surface area contributed by atoms with Gasteiger partial charge in [-0.3, -0.25) is 14.5 Å². The minimum Gasteiger partial charge on any atom is -0.324 e. The zero-order valence-electron chi connectivity index (χ0n) is 18.2. The molecule has 5 nitrogen and oxygen atoms in total. The van der Waals surface area contributed by atoms with Gasteiger partial charge in [0.2, 0.25) is 5.91 Å². The lowest BCUT2D eigenvalue weighted by molar-refractivity contribution is -0.116. The van der Waals surface area contributed by atoms with E-state index in [1.807, 2.05) is 47.3 Å². The Bertz CT molecular complexity index is 1420. The van der Waals surface area contributed by atoms with Gasteiger partial charge in [-0.15, -0.1) is 0 Å². The Morgan fingerprint density at radius 1 is 0.969 bits per heavy atom. The molecule has 158 valence electrons. The van der Waals surface area contributed by atoms with E-state index in [9.17, 15) is 4.79 Å². The normalized spacial score (nSPS) is 11.2. The van der Waals surface area contributed by atoms with Gasteiger partial charge in [-0.25, -0.2) is 0 Å². The van der Waals surface area contributed by atoms with Crippen molar-refractivity contribution in [3.05, 3.63) is 90.1 Å². The molecule has 0 saturated carbocycles. The van der Waals surface area contributed by atoms with Crippen LogP contribution >= 0.6 is 0 Å². The lowest BCUT2D eigenvalue weighted by atomic mass is 10.0. The van der Waals surface area contributed by atoms with E-state index in [0.717, 1.165) is 45.2 Å². The molecule has 0 aliphatic carbocycles. The summed E-state index contributed by atoms with van der Waals surface area (Å²) in [6, 6.07) is 24.1. The Morgan fingerprint density at radius 2 is 1.75 bits per heavy atom. The average Bonchev–Trinajstić information content (AvgIpc) is 3.18. The van der Waals surface area contributed by atoms with Crippen molar-refractivity contribution in [2.75, 3.05) is 5.32 Å². The van der Waals surface area contributed by atoms with Crippen LogP contribution in [0.3, 0.4) is 0 Å². The first-order valence-electron chi connectivity index (χ1n) is 10.8. The molecule has 1 N–H and O–H groups in total. The minimum absolute atomic E-state index is 0.118. The second-order valence-corrected chi connectivity index (χ2v) is 8.01. The molecular weight excluding hydrogens is 396 g/mol. The molecule has 3 aromatic carbocycles. The quantitative estimate of drug-likeness (QED) is 0.393. The van der Waals surface area contributed by atoms with E-state index in [0.29, 0.717) is 0 Å². The third kappa shape index (κ3) is 3.73. The average molecular weight is 421 g/mol. The second-order valence-electron chi connectivity index (χ2n) is 8.01. The number of carbonyl (C=O) groups excluding carboxylic acids is 1. The van der Waals surface area contributed by atoms with Gasteiger partial charge in [0.25, 0.3) is 0 Å². The fourth-order valence-corrected chi connectivity index (χ4v) is 4.02. The molecule has 0 aliphatic rings. The number of benzene rings is 3. The van der Waals surface area contributed by atoms with E-state index >= 15 is 0 Å². The predicted molar refractivity (Wildman–Crippen MR) is 130 cm³/mol. The minimum atomic E-state index is -0.118. The molecule has 0 saturated heterocycles. The largest absolute Gasteiger partial charge is 0.324 e. The van der Waals surface area contributed by atoms with E-state index in [4.69, 9.17) is 10.1 Å². The molecule has 0 unspecified atom stereocenters. The molecule has 5 rings (SSSR count). The number of fused-ring (bicyclic) bond motifs is 3. The van der Waals surface area contributed by atoms with E-state index in [1.165, 1.54) is 11.1 Å². The van der Waals surface area contributed by atoms with Crippen LogP contribution in [0.15, 0.2) is 79.0 Å². The fraction of sp³-hybridized carbons (Fsp3) is 0.148. The van der Waals surface area contributed by atoms with Crippen molar-refractivity contribution >= 4 is 33.4 Å². The highest BCUT2D eigenvalue weighted by molar-refractivity contribution is 6.08. The second kappa shape index (κ2) is 8.27. The number of carbonyl (C=O) groups is 1. The number of nitrogens with zero attached hydrogens (tertiary/aromatic N) is 3. The number of rotatable bonds is 5. The van der Waals surface area contributed by atoms with Crippen LogP contribution in [0.1, 0.15) is 18.1 Å². The molecule has 0 atom stereocenters. The first kappa shape index (κ1) is 19.9. The maximum absolute atomic E-state index is 12.9. The van der Waals surface area contributed by atoms with Crippen molar-refractivity contribution in [3.8, 4) is 11.3 Å². The van der Waals surface area contributed by atoms with Crippen molar-refractivity contribution in [3.63, 3.8) is 0 Å². The van der Waals surface area contributed by atoms with Gasteiger partial charge < -0.3 is 5.32 Å². The maximum atomic E-state index is 12.9. The summed E-state index contributed by atoms with van der Waals surface area (Å²) in [6.07, 6.45) is 2.80. The van der Waals surface area contributed by atoms with Crippen LogP contribution in [0.5, 0.6) is 0 Å². The van der Waals surface area contributed by atoms with Crippen LogP contribution in [-0.4, -0.2) is 20.7 Å². The van der Waals surface area contributed by atoms with E-state index in [1.54, 1.807) is 0 Å². The van der Waals surface area contributed by atoms with Gasteiger partial charge in [-0.05, 0) is 43.2 Å². The Balaban J connectivity index is 1.66. The van der Waals surface area contributed by atoms with E-state index in [-0.39, 0.29) is 12.5 Å². The predicted octanol–water partition coefficient (Wildman–Crippen LogP) is 5.76. The third-order valence-electron chi connectivity index (χ3n) is 5.72. The molecule has 5 heteroatoms. The fourth-order valence-electron chi connectivity index (χ4n) is 4.02. The number of pyridine rings is 1. The van der Waals surface area contributed by atoms with Crippen molar-refractivity contribution in [1.29, 1.82) is 0 Å². The number of hydrogen-bond acceptors (Lipinski definition) is 3. The number of amides is 1. The molecule has 0 spiro atoms. The smallest absolute Gasteiger partial charge is 0.246 e. The van der Waals surface area contributed by atoms with Gasteiger partial charge in [-0.2, -0.15) is 5.10 Å². The number of aryl methyl sites for hydroxylation is 2. The maximum Gasteiger partial charge on any atom is 0.246 e. The van der Waals surface area contributed by atoms with Gasteiger partial charge in [0.1, 0.15) is 12.2 Å². The summed E-state index contributed by atoms with van der Waals surface area (Å²) < 4.78 is 1.81. The van der Waals surface area contributed by atoms with E-state index in [2.05, 4.69) is 55.6 Å². The van der Waals surface area contributed by atoms with E-state index < -0.39 is 0 Å². The van der Waals surface area contributed by atoms with Crippen molar-refractivity contribution in [2.45, 2.75) is 26.8 Å². The van der Waals surface area contributed by atoms with Gasteiger partial charge in [0.15, 0.2) is 0 Å². The van der Waals surface area contributed by atoms with Crippen LogP contribution in [0.25, 0.3) is 33.1 Å². The number of para-hydroxylation sites is 1. The molecule has 2 aromatic heterocycles. The first-order valence-corrected chi connectivity index (χ1v) is 10.8. The van der Waals surface area contributed by atoms with Crippen LogP contribution < -0.4 is 5.32 Å². The Morgan fingerprint density at radius 3 is 2.50 bits per heavy atom. The SMILES string of the molecule is CCc1ccc2ncc3c(-c4ccc(C)cc4)nn(CC(=O)Nc4ccccc4)c3c2c1. The van der Waals surface area contributed by atoms with Crippen LogP contribution in [-0.2, 0) is 17.8 Å². The molecule has 0 aliphatic heterocycles. The molecule has 0 fully saturated rings. The van der Waals surface area contributed by atoms with Gasteiger partial charge in [-0.1, -0.05) is 61.0 Å². The monoisotopic (exact) mass is 420 g/mol. The molecule has 0 radical (unpaired) electrons. The number of nitrogens with one attached hydrogen (secondary N) is 1. The molecule has 5 aromatic rings. The summed E-state index contributed by atoms with van der Waals surface area (Å²) >= 11 is 0. The van der Waals surface area contributed by atoms with Gasteiger partial charge in [0.05, 0.1) is 11.0 Å². The van der Waals surface area contributed by atoms with Crippen molar-refractivity contribution < 1.29 is 4.79 Å². The highest BCUT2D eigenvalue weighted by atomic mass is 16.2. The molecule has 32 heavy (non-hydrogen) atoms. The lowest BCUT2D eigenvalue weighted by Gasteiger charge is -2.08. The summed E-state index contributed by atoms with van der Waals surface area (Å²) in [6.45, 7) is 4.32. The molecule has 2 heterocycles. The third-order valence-corrected chi connectivity index (χ3v) is 5.72. The Labute approximate surface area is 186 Å². The summed E-state index contributed by atoms with van der Waals surface area (Å²) in [7, 11) is 0. The van der Waals surface area contributed by atoms with Crippen LogP contribution in [0, 0.1) is 6.92 Å². The zero-order chi connectivity index (χ0) is 22.1. The molecular formula is C27H24N4O. The summed E-state index contributed by atoms with van der Waals surface area (Å²) in [5.74, 6) is -0.118. The highest BCUT2D eigenvalue weighted by Gasteiger charge is 2.18. The molecule has 1 amide bonds. The number of hydrogen-bond donors (Lipinski definition) is 1. The summed E-state index contributed by atoms with van der Waals surface area (Å²) in [5.41, 5.74) is 6.87. The summed E-state index contributed by atoms with van der Waals surface area (Å²) in [5, 5.41) is 9.82. The first-order chi connectivity index (χ1) is 15.6. The van der Waals surface area contributed by atoms with Gasteiger partial charge in [0, 0.05) is 28.2 Å². The Kier molecular flexibility index (Phi) is 5.15. The van der Waals surface area contributed by atoms with Gasteiger partial charge >= 0.3 is 0 Å². The zero-order valence-corrected chi connectivity index (χ0v) is 18.2. The van der Waals surface area contributed by atoms with Crippen LogP contribution in [0.2, 0.25) is 0 Å². The highest BCUT2D eigenvalue weighted by Crippen LogP contribution is 2.32.